The summed E-state index contributed by atoms with van der Waals surface area (Å²) in [4.78, 5) is -0.642. The Morgan fingerprint density at radius 2 is 2.05 bits per heavy atom. The van der Waals surface area contributed by atoms with Gasteiger partial charge in [0.25, 0.3) is 0 Å². The van der Waals surface area contributed by atoms with Crippen molar-refractivity contribution in [2.24, 2.45) is 0 Å². The summed E-state index contributed by atoms with van der Waals surface area (Å²) >= 11 is 0. The van der Waals surface area contributed by atoms with Gasteiger partial charge in [-0.05, 0) is 37.6 Å². The summed E-state index contributed by atoms with van der Waals surface area (Å²) in [6.45, 7) is 1.34. The van der Waals surface area contributed by atoms with E-state index < -0.39 is 26.6 Å². The molecule has 1 aliphatic rings. The predicted molar refractivity (Wildman–Crippen MR) is 67.2 cm³/mol. The van der Waals surface area contributed by atoms with Gasteiger partial charge in [0, 0.05) is 12.6 Å². The van der Waals surface area contributed by atoms with Crippen molar-refractivity contribution in [3.8, 4) is 0 Å². The fourth-order valence-corrected chi connectivity index (χ4v) is 3.45. The lowest BCUT2D eigenvalue weighted by Gasteiger charge is -2.16. The molecule has 1 heterocycles. The minimum atomic E-state index is -4.03. The van der Waals surface area contributed by atoms with Crippen LogP contribution in [0, 0.1) is 11.6 Å². The van der Waals surface area contributed by atoms with Gasteiger partial charge in [-0.25, -0.2) is 21.9 Å². The van der Waals surface area contributed by atoms with E-state index in [0.29, 0.717) is 19.0 Å². The first-order valence-electron chi connectivity index (χ1n) is 6.17. The molecule has 0 aliphatic carbocycles. The summed E-state index contributed by atoms with van der Waals surface area (Å²) in [5.41, 5.74) is 0. The van der Waals surface area contributed by atoms with E-state index in [1.54, 1.807) is 0 Å². The van der Waals surface area contributed by atoms with Crippen LogP contribution in [0.15, 0.2) is 23.1 Å². The van der Waals surface area contributed by atoms with E-state index in [0.717, 1.165) is 31.5 Å². The van der Waals surface area contributed by atoms with Crippen molar-refractivity contribution in [2.45, 2.75) is 30.2 Å². The molecule has 19 heavy (non-hydrogen) atoms. The number of nitrogens with one attached hydrogen (secondary N) is 2. The lowest BCUT2D eigenvalue weighted by atomic mass is 10.2. The number of rotatable bonds is 3. The zero-order valence-electron chi connectivity index (χ0n) is 10.3. The summed E-state index contributed by atoms with van der Waals surface area (Å²) < 4.78 is 53.1. The van der Waals surface area contributed by atoms with Crippen molar-refractivity contribution in [1.29, 1.82) is 0 Å². The highest BCUT2D eigenvalue weighted by atomic mass is 32.2. The van der Waals surface area contributed by atoms with Crippen LogP contribution in [0.3, 0.4) is 0 Å². The smallest absolute Gasteiger partial charge is 0.243 e. The van der Waals surface area contributed by atoms with Crippen LogP contribution in [0.5, 0.6) is 0 Å². The Kier molecular flexibility index (Phi) is 4.49. The second-order valence-electron chi connectivity index (χ2n) is 4.59. The molecule has 1 saturated heterocycles. The van der Waals surface area contributed by atoms with Crippen LogP contribution in [0.4, 0.5) is 8.78 Å². The summed E-state index contributed by atoms with van der Waals surface area (Å²) in [6, 6.07) is 2.11. The molecule has 1 aliphatic heterocycles. The molecule has 2 rings (SSSR count). The number of hydrogen-bond acceptors (Lipinski definition) is 3. The van der Waals surface area contributed by atoms with Crippen LogP contribution in [-0.2, 0) is 10.0 Å². The van der Waals surface area contributed by atoms with E-state index in [4.69, 9.17) is 0 Å². The summed E-state index contributed by atoms with van der Waals surface area (Å²) in [7, 11) is -4.03. The van der Waals surface area contributed by atoms with Crippen molar-refractivity contribution >= 4 is 10.0 Å². The van der Waals surface area contributed by atoms with E-state index in [-0.39, 0.29) is 6.04 Å². The molecule has 1 aromatic carbocycles. The highest BCUT2D eigenvalue weighted by molar-refractivity contribution is 7.89. The molecule has 0 amide bonds. The standard InChI is InChI=1S/C12H16F2N2O2S/c13-9-4-5-11(14)12(7-9)19(17,18)16-10-3-1-2-6-15-8-10/h4-5,7,10,15-16H,1-3,6,8H2. The Balaban J connectivity index is 2.19. The summed E-state index contributed by atoms with van der Waals surface area (Å²) in [6.07, 6.45) is 2.56. The van der Waals surface area contributed by atoms with Crippen LogP contribution in [0.25, 0.3) is 0 Å². The normalized spacial score (nSPS) is 21.1. The maximum atomic E-state index is 13.5. The van der Waals surface area contributed by atoms with Crippen LogP contribution in [0.1, 0.15) is 19.3 Å². The lowest BCUT2D eigenvalue weighted by Crippen LogP contribution is -2.41. The van der Waals surface area contributed by atoms with E-state index in [1.807, 2.05) is 0 Å². The van der Waals surface area contributed by atoms with Gasteiger partial charge in [-0.2, -0.15) is 0 Å². The first-order chi connectivity index (χ1) is 8.99. The molecule has 0 bridgehead atoms. The molecule has 1 aromatic rings. The Labute approximate surface area is 111 Å². The second-order valence-corrected chi connectivity index (χ2v) is 6.28. The largest absolute Gasteiger partial charge is 0.315 e. The first-order valence-corrected chi connectivity index (χ1v) is 7.65. The zero-order valence-corrected chi connectivity index (χ0v) is 11.1. The second kappa shape index (κ2) is 5.94. The number of sulfonamides is 1. The van der Waals surface area contributed by atoms with Gasteiger partial charge in [0.2, 0.25) is 10.0 Å². The van der Waals surface area contributed by atoms with Crippen molar-refractivity contribution in [3.05, 3.63) is 29.8 Å². The fraction of sp³-hybridized carbons (Fsp3) is 0.500. The molecule has 1 atom stereocenters. The molecular formula is C12H16F2N2O2S. The molecule has 4 nitrogen and oxygen atoms in total. The highest BCUT2D eigenvalue weighted by Gasteiger charge is 2.24. The van der Waals surface area contributed by atoms with E-state index in [9.17, 15) is 17.2 Å². The minimum absolute atomic E-state index is 0.296. The molecule has 0 spiro atoms. The third-order valence-electron chi connectivity index (χ3n) is 3.05. The number of hydrogen-bond donors (Lipinski definition) is 2. The number of halogens is 2. The number of benzene rings is 1. The van der Waals surface area contributed by atoms with E-state index in [2.05, 4.69) is 10.0 Å². The average Bonchev–Trinajstić information content (AvgIpc) is 2.60. The zero-order chi connectivity index (χ0) is 13.9. The van der Waals surface area contributed by atoms with Gasteiger partial charge < -0.3 is 5.32 Å². The van der Waals surface area contributed by atoms with Gasteiger partial charge in [0.05, 0.1) is 0 Å². The summed E-state index contributed by atoms with van der Waals surface area (Å²) in [5.74, 6) is -1.73. The average molecular weight is 290 g/mol. The fourth-order valence-electron chi connectivity index (χ4n) is 2.09. The summed E-state index contributed by atoms with van der Waals surface area (Å²) in [5, 5.41) is 3.10. The Hall–Kier alpha value is -1.05. The van der Waals surface area contributed by atoms with Gasteiger partial charge in [-0.3, -0.25) is 0 Å². The van der Waals surface area contributed by atoms with Crippen LogP contribution < -0.4 is 10.0 Å². The maximum Gasteiger partial charge on any atom is 0.243 e. The van der Waals surface area contributed by atoms with Crippen molar-refractivity contribution in [3.63, 3.8) is 0 Å². The SMILES string of the molecule is O=S(=O)(NC1CCCCNC1)c1cc(F)ccc1F. The van der Waals surface area contributed by atoms with Crippen molar-refractivity contribution in [1.82, 2.24) is 10.0 Å². The molecule has 7 heteroatoms. The maximum absolute atomic E-state index is 13.5. The van der Waals surface area contributed by atoms with E-state index in [1.165, 1.54) is 0 Å². The predicted octanol–water partition coefficient (Wildman–Crippen LogP) is 1.39. The molecule has 106 valence electrons. The Morgan fingerprint density at radius 3 is 2.84 bits per heavy atom. The highest BCUT2D eigenvalue weighted by Crippen LogP contribution is 2.17. The monoisotopic (exact) mass is 290 g/mol. The molecule has 0 saturated carbocycles. The van der Waals surface area contributed by atoms with Gasteiger partial charge in [0.1, 0.15) is 16.5 Å². The molecule has 0 aromatic heterocycles. The van der Waals surface area contributed by atoms with Gasteiger partial charge >= 0.3 is 0 Å². The molecule has 0 radical (unpaired) electrons. The van der Waals surface area contributed by atoms with Crippen LogP contribution >= 0.6 is 0 Å². The first kappa shape index (κ1) is 14.4. The Bertz CT molecular complexity index is 541. The van der Waals surface area contributed by atoms with Crippen LogP contribution in [0.2, 0.25) is 0 Å². The van der Waals surface area contributed by atoms with E-state index >= 15 is 0 Å². The molecule has 1 unspecified atom stereocenters. The Morgan fingerprint density at radius 1 is 1.26 bits per heavy atom. The van der Waals surface area contributed by atoms with Gasteiger partial charge in [-0.1, -0.05) is 6.42 Å². The van der Waals surface area contributed by atoms with Gasteiger partial charge in [-0.15, -0.1) is 0 Å². The lowest BCUT2D eigenvalue weighted by molar-refractivity contribution is 0.510. The quantitative estimate of drug-likeness (QED) is 0.884. The molecule has 1 fully saturated rings. The third-order valence-corrected chi connectivity index (χ3v) is 4.59. The van der Waals surface area contributed by atoms with Gasteiger partial charge in [0.15, 0.2) is 0 Å². The minimum Gasteiger partial charge on any atom is -0.315 e. The third kappa shape index (κ3) is 3.71. The van der Waals surface area contributed by atoms with Crippen molar-refractivity contribution in [2.75, 3.05) is 13.1 Å². The molecular weight excluding hydrogens is 274 g/mol. The topological polar surface area (TPSA) is 58.2 Å². The van der Waals surface area contributed by atoms with Crippen LogP contribution in [-0.4, -0.2) is 27.5 Å². The molecule has 2 N–H and O–H groups in total. The van der Waals surface area contributed by atoms with Crippen molar-refractivity contribution < 1.29 is 17.2 Å².